The Morgan fingerprint density at radius 1 is 1.00 bits per heavy atom. The molecule has 4 nitrogen and oxygen atoms in total. The summed E-state index contributed by atoms with van der Waals surface area (Å²) >= 11 is 6.06. The summed E-state index contributed by atoms with van der Waals surface area (Å²) in [5, 5.41) is 3.19. The zero-order valence-corrected chi connectivity index (χ0v) is 15.4. The van der Waals surface area contributed by atoms with Gasteiger partial charge in [-0.3, -0.25) is 9.59 Å². The summed E-state index contributed by atoms with van der Waals surface area (Å²) in [7, 11) is 0. The van der Waals surface area contributed by atoms with Gasteiger partial charge in [0.1, 0.15) is 0 Å². The molecule has 0 spiro atoms. The van der Waals surface area contributed by atoms with Gasteiger partial charge in [0.05, 0.1) is 5.69 Å². The predicted molar refractivity (Wildman–Crippen MR) is 104 cm³/mol. The third-order valence-corrected chi connectivity index (χ3v) is 4.67. The van der Waals surface area contributed by atoms with Crippen LogP contribution >= 0.6 is 11.6 Å². The van der Waals surface area contributed by atoms with Gasteiger partial charge in [-0.25, -0.2) is 0 Å². The van der Waals surface area contributed by atoms with Crippen LogP contribution in [-0.4, -0.2) is 16.3 Å². The topological polar surface area (TPSA) is 51.1 Å². The Morgan fingerprint density at radius 2 is 1.73 bits per heavy atom. The third kappa shape index (κ3) is 3.86. The van der Waals surface area contributed by atoms with Crippen molar-refractivity contribution in [3.8, 4) is 0 Å². The zero-order chi connectivity index (χ0) is 18.7. The van der Waals surface area contributed by atoms with Gasteiger partial charge in [0, 0.05) is 23.5 Å². The fourth-order valence-electron chi connectivity index (χ4n) is 2.69. The first-order valence-electron chi connectivity index (χ1n) is 8.27. The summed E-state index contributed by atoms with van der Waals surface area (Å²) in [4.78, 5) is 25.0. The van der Waals surface area contributed by atoms with Crippen molar-refractivity contribution in [3.63, 3.8) is 0 Å². The van der Waals surface area contributed by atoms with Crippen molar-refractivity contribution in [2.45, 2.75) is 20.4 Å². The first-order chi connectivity index (χ1) is 12.5. The summed E-state index contributed by atoms with van der Waals surface area (Å²) in [6, 6.07) is 16.7. The molecule has 0 aliphatic carbocycles. The van der Waals surface area contributed by atoms with Crippen molar-refractivity contribution >= 4 is 29.0 Å². The molecule has 0 aliphatic heterocycles. The lowest BCUT2D eigenvalue weighted by Crippen LogP contribution is -2.25. The second-order valence-corrected chi connectivity index (χ2v) is 6.61. The minimum atomic E-state index is -0.681. The summed E-state index contributed by atoms with van der Waals surface area (Å²) < 4.78 is 1.78. The quantitative estimate of drug-likeness (QED) is 0.528. The van der Waals surface area contributed by atoms with E-state index in [1.165, 1.54) is 5.56 Å². The molecule has 1 aromatic heterocycles. The van der Waals surface area contributed by atoms with Crippen LogP contribution < -0.4 is 5.32 Å². The van der Waals surface area contributed by atoms with Gasteiger partial charge in [0.2, 0.25) is 0 Å². The van der Waals surface area contributed by atoms with Gasteiger partial charge in [-0.15, -0.1) is 0 Å². The minimum Gasteiger partial charge on any atom is -0.340 e. The molecule has 5 heteroatoms. The van der Waals surface area contributed by atoms with Crippen molar-refractivity contribution in [2.75, 3.05) is 5.32 Å². The highest BCUT2D eigenvalue weighted by Crippen LogP contribution is 2.23. The van der Waals surface area contributed by atoms with Gasteiger partial charge >= 0.3 is 0 Å². The predicted octanol–water partition coefficient (Wildman–Crippen LogP) is 4.63. The highest BCUT2D eigenvalue weighted by atomic mass is 35.5. The zero-order valence-electron chi connectivity index (χ0n) is 14.6. The molecular weight excluding hydrogens is 348 g/mol. The molecule has 0 saturated carbocycles. The van der Waals surface area contributed by atoms with Crippen molar-refractivity contribution in [1.82, 2.24) is 4.57 Å². The van der Waals surface area contributed by atoms with Crippen molar-refractivity contribution in [2.24, 2.45) is 0 Å². The molecule has 1 N–H and O–H groups in total. The van der Waals surface area contributed by atoms with Gasteiger partial charge in [-0.1, -0.05) is 47.5 Å². The Hall–Kier alpha value is -2.85. The van der Waals surface area contributed by atoms with E-state index < -0.39 is 11.7 Å². The largest absolute Gasteiger partial charge is 0.340 e. The summed E-state index contributed by atoms with van der Waals surface area (Å²) in [5.41, 5.74) is 3.85. The molecule has 3 rings (SSSR count). The lowest BCUT2D eigenvalue weighted by molar-refractivity contribution is -0.112. The number of anilines is 1. The molecule has 3 aromatic rings. The molecule has 0 fully saturated rings. The summed E-state index contributed by atoms with van der Waals surface area (Å²) in [6.07, 6.45) is 1.80. The molecule has 1 heterocycles. The first kappa shape index (κ1) is 18.0. The summed E-state index contributed by atoms with van der Waals surface area (Å²) in [6.45, 7) is 4.34. The van der Waals surface area contributed by atoms with Crippen LogP contribution in [0.15, 0.2) is 60.8 Å². The second kappa shape index (κ2) is 7.58. The lowest BCUT2D eigenvalue weighted by Gasteiger charge is -2.11. The van der Waals surface area contributed by atoms with Crippen LogP contribution in [0.1, 0.15) is 27.2 Å². The number of hydrogen-bond donors (Lipinski definition) is 1. The molecule has 132 valence electrons. The van der Waals surface area contributed by atoms with Crippen LogP contribution in [0.4, 0.5) is 5.69 Å². The minimum absolute atomic E-state index is 0.350. The van der Waals surface area contributed by atoms with Crippen LogP contribution in [0.25, 0.3) is 0 Å². The van der Waals surface area contributed by atoms with Crippen molar-refractivity contribution < 1.29 is 9.59 Å². The van der Waals surface area contributed by atoms with Gasteiger partial charge in [-0.05, 0) is 49.2 Å². The van der Waals surface area contributed by atoms with E-state index in [2.05, 4.69) is 5.32 Å². The first-order valence-corrected chi connectivity index (χ1v) is 8.65. The van der Waals surface area contributed by atoms with E-state index in [9.17, 15) is 9.59 Å². The van der Waals surface area contributed by atoms with E-state index >= 15 is 0 Å². The van der Waals surface area contributed by atoms with E-state index in [1.54, 1.807) is 48.0 Å². The van der Waals surface area contributed by atoms with Crippen molar-refractivity contribution in [1.29, 1.82) is 0 Å². The fourth-order valence-corrected chi connectivity index (χ4v) is 2.86. The van der Waals surface area contributed by atoms with E-state index in [1.807, 2.05) is 31.2 Å². The standard InChI is InChI=1S/C21H19ClN2O2/c1-14-8-10-16(11-9-14)13-24-12-4-7-19(24)20(25)21(26)23-18-6-3-5-17(22)15(18)2/h3-12H,13H2,1-2H3,(H,23,26). The molecule has 0 saturated heterocycles. The molecular formula is C21H19ClN2O2. The Labute approximate surface area is 157 Å². The monoisotopic (exact) mass is 366 g/mol. The number of carbonyl (C=O) groups excluding carboxylic acids is 2. The average molecular weight is 367 g/mol. The Morgan fingerprint density at radius 3 is 2.46 bits per heavy atom. The Balaban J connectivity index is 1.78. The Kier molecular flexibility index (Phi) is 5.24. The average Bonchev–Trinajstić information content (AvgIpc) is 3.08. The molecule has 0 radical (unpaired) electrons. The smallest absolute Gasteiger partial charge is 0.298 e. The lowest BCUT2D eigenvalue weighted by atomic mass is 10.1. The van der Waals surface area contributed by atoms with Crippen LogP contribution in [-0.2, 0) is 11.3 Å². The number of Topliss-reactive ketones (excluding diaryl/α,β-unsaturated/α-hetero) is 1. The SMILES string of the molecule is Cc1ccc(Cn2cccc2C(=O)C(=O)Nc2cccc(Cl)c2C)cc1. The molecule has 0 atom stereocenters. The Bertz CT molecular complexity index is 958. The number of rotatable bonds is 5. The van der Waals surface area contributed by atoms with E-state index in [4.69, 9.17) is 11.6 Å². The summed E-state index contributed by atoms with van der Waals surface area (Å²) in [5.74, 6) is -1.26. The normalized spacial score (nSPS) is 10.6. The van der Waals surface area contributed by atoms with Crippen LogP contribution in [0.5, 0.6) is 0 Å². The molecule has 0 aliphatic rings. The number of nitrogens with zero attached hydrogens (tertiary/aromatic N) is 1. The van der Waals surface area contributed by atoms with E-state index in [0.717, 1.165) is 11.1 Å². The van der Waals surface area contributed by atoms with Gasteiger partial charge in [0.25, 0.3) is 11.7 Å². The van der Waals surface area contributed by atoms with E-state index in [0.29, 0.717) is 22.9 Å². The number of benzene rings is 2. The third-order valence-electron chi connectivity index (χ3n) is 4.26. The van der Waals surface area contributed by atoms with Crippen LogP contribution in [0.2, 0.25) is 5.02 Å². The molecule has 26 heavy (non-hydrogen) atoms. The molecule has 0 unspecified atom stereocenters. The maximum atomic E-state index is 12.6. The van der Waals surface area contributed by atoms with E-state index in [-0.39, 0.29) is 0 Å². The second-order valence-electron chi connectivity index (χ2n) is 6.20. The molecule has 2 aromatic carbocycles. The fraction of sp³-hybridized carbons (Fsp3) is 0.143. The number of ketones is 1. The number of nitrogens with one attached hydrogen (secondary N) is 1. The number of carbonyl (C=O) groups is 2. The maximum Gasteiger partial charge on any atom is 0.298 e. The molecule has 1 amide bonds. The van der Waals surface area contributed by atoms with Gasteiger partial charge < -0.3 is 9.88 Å². The number of amides is 1. The highest BCUT2D eigenvalue weighted by molar-refractivity contribution is 6.46. The van der Waals surface area contributed by atoms with Crippen LogP contribution in [0.3, 0.4) is 0 Å². The number of halogens is 1. The number of aryl methyl sites for hydroxylation is 1. The van der Waals surface area contributed by atoms with Crippen LogP contribution in [0, 0.1) is 13.8 Å². The number of hydrogen-bond acceptors (Lipinski definition) is 2. The number of aromatic nitrogens is 1. The van der Waals surface area contributed by atoms with Gasteiger partial charge in [-0.2, -0.15) is 0 Å². The highest BCUT2D eigenvalue weighted by Gasteiger charge is 2.20. The van der Waals surface area contributed by atoms with Crippen molar-refractivity contribution in [3.05, 3.63) is 88.2 Å². The van der Waals surface area contributed by atoms with Gasteiger partial charge in [0.15, 0.2) is 0 Å². The maximum absolute atomic E-state index is 12.6. The molecule has 0 bridgehead atoms.